The van der Waals surface area contributed by atoms with Crippen molar-refractivity contribution in [3.05, 3.63) is 71.8 Å². The fourth-order valence-corrected chi connectivity index (χ4v) is 3.99. The Morgan fingerprint density at radius 1 is 1.36 bits per heavy atom. The molecule has 5 nitrogen and oxygen atoms in total. The third-order valence-corrected chi connectivity index (χ3v) is 5.64. The number of carbonyl (C=O) groups excluding carboxylic acids is 1. The minimum Gasteiger partial charge on any atom is -0.390 e. The standard InChI is InChI=1S/C23H31N3O2/c1-3-17-9-11-26(15-18(17)4-2)16-22(27)14-25-23(28)20-7-5-6-19(12-20)21-8-10-24-13-21/h3-7,12,21-22,24,27H,1-2,8-11,13-16H2,(H,25,28). The van der Waals surface area contributed by atoms with Crippen molar-refractivity contribution in [2.45, 2.75) is 24.9 Å². The van der Waals surface area contributed by atoms with Crippen molar-refractivity contribution in [2.75, 3.05) is 39.3 Å². The highest BCUT2D eigenvalue weighted by Gasteiger charge is 2.20. The van der Waals surface area contributed by atoms with Crippen molar-refractivity contribution >= 4 is 5.91 Å². The molecule has 28 heavy (non-hydrogen) atoms. The van der Waals surface area contributed by atoms with Crippen LogP contribution in [0.15, 0.2) is 60.7 Å². The normalized spacial score (nSPS) is 21.4. The summed E-state index contributed by atoms with van der Waals surface area (Å²) in [5, 5.41) is 16.6. The average Bonchev–Trinajstić information content (AvgIpc) is 3.27. The lowest BCUT2D eigenvalue weighted by atomic mass is 9.96. The second kappa shape index (κ2) is 9.82. The molecule has 2 heterocycles. The van der Waals surface area contributed by atoms with E-state index in [1.807, 2.05) is 30.4 Å². The highest BCUT2D eigenvalue weighted by atomic mass is 16.3. The Bertz CT molecular complexity index is 750. The Morgan fingerprint density at radius 2 is 2.18 bits per heavy atom. The van der Waals surface area contributed by atoms with E-state index in [4.69, 9.17) is 0 Å². The van der Waals surface area contributed by atoms with Crippen LogP contribution < -0.4 is 10.6 Å². The zero-order valence-corrected chi connectivity index (χ0v) is 16.5. The van der Waals surface area contributed by atoms with Gasteiger partial charge in [0.1, 0.15) is 0 Å². The summed E-state index contributed by atoms with van der Waals surface area (Å²) in [5.74, 6) is 0.344. The third-order valence-electron chi connectivity index (χ3n) is 5.64. The summed E-state index contributed by atoms with van der Waals surface area (Å²) in [6, 6.07) is 7.83. The molecule has 1 aromatic carbocycles. The maximum Gasteiger partial charge on any atom is 0.251 e. The predicted molar refractivity (Wildman–Crippen MR) is 113 cm³/mol. The van der Waals surface area contributed by atoms with Crippen molar-refractivity contribution in [3.63, 3.8) is 0 Å². The van der Waals surface area contributed by atoms with Crippen LogP contribution in [0.1, 0.15) is 34.7 Å². The summed E-state index contributed by atoms with van der Waals surface area (Å²) in [7, 11) is 0. The van der Waals surface area contributed by atoms with Gasteiger partial charge in [0.05, 0.1) is 6.10 Å². The van der Waals surface area contributed by atoms with Crippen LogP contribution in [0.3, 0.4) is 0 Å². The van der Waals surface area contributed by atoms with E-state index in [-0.39, 0.29) is 12.5 Å². The third kappa shape index (κ3) is 5.19. The highest BCUT2D eigenvalue weighted by molar-refractivity contribution is 5.94. The van der Waals surface area contributed by atoms with Crippen molar-refractivity contribution in [1.82, 2.24) is 15.5 Å². The van der Waals surface area contributed by atoms with E-state index in [0.29, 0.717) is 18.0 Å². The Kier molecular flexibility index (Phi) is 7.20. The van der Waals surface area contributed by atoms with Crippen LogP contribution in [0.5, 0.6) is 0 Å². The summed E-state index contributed by atoms with van der Waals surface area (Å²) < 4.78 is 0. The number of hydrogen-bond acceptors (Lipinski definition) is 4. The van der Waals surface area contributed by atoms with Crippen LogP contribution in [0.2, 0.25) is 0 Å². The summed E-state index contributed by atoms with van der Waals surface area (Å²) in [6.45, 7) is 12.1. The number of rotatable bonds is 8. The molecule has 2 atom stereocenters. The number of amides is 1. The number of aliphatic hydroxyl groups excluding tert-OH is 1. The van der Waals surface area contributed by atoms with Crippen molar-refractivity contribution in [2.24, 2.45) is 0 Å². The van der Waals surface area contributed by atoms with Gasteiger partial charge in [0, 0.05) is 38.3 Å². The molecule has 2 aliphatic heterocycles. The molecule has 2 aliphatic rings. The summed E-state index contributed by atoms with van der Waals surface area (Å²) >= 11 is 0. The zero-order chi connectivity index (χ0) is 19.9. The Morgan fingerprint density at radius 3 is 2.89 bits per heavy atom. The number of benzene rings is 1. The zero-order valence-electron chi connectivity index (χ0n) is 16.5. The fourth-order valence-electron chi connectivity index (χ4n) is 3.99. The molecule has 3 rings (SSSR count). The van der Waals surface area contributed by atoms with Crippen LogP contribution in [0.25, 0.3) is 0 Å². The number of hydrogen-bond donors (Lipinski definition) is 3. The number of carbonyl (C=O) groups is 1. The smallest absolute Gasteiger partial charge is 0.251 e. The topological polar surface area (TPSA) is 64.6 Å². The predicted octanol–water partition coefficient (Wildman–Crippen LogP) is 2.23. The molecule has 1 amide bonds. The molecular weight excluding hydrogens is 350 g/mol. The van der Waals surface area contributed by atoms with E-state index in [2.05, 4.69) is 34.8 Å². The van der Waals surface area contributed by atoms with Gasteiger partial charge >= 0.3 is 0 Å². The molecule has 0 bridgehead atoms. The molecule has 0 aromatic heterocycles. The molecule has 150 valence electrons. The number of nitrogens with zero attached hydrogens (tertiary/aromatic N) is 1. The second-order valence-corrected chi connectivity index (χ2v) is 7.62. The van der Waals surface area contributed by atoms with Crippen LogP contribution >= 0.6 is 0 Å². The molecule has 3 N–H and O–H groups in total. The Labute approximate surface area is 167 Å². The van der Waals surface area contributed by atoms with E-state index in [1.54, 1.807) is 0 Å². The van der Waals surface area contributed by atoms with Gasteiger partial charge in [0.25, 0.3) is 5.91 Å². The lowest BCUT2D eigenvalue weighted by molar-refractivity contribution is 0.0865. The Balaban J connectivity index is 1.49. The van der Waals surface area contributed by atoms with Gasteiger partial charge in [-0.2, -0.15) is 0 Å². The SMILES string of the molecule is C=CC1=C(C=C)CN(CC(O)CNC(=O)c2cccc(C3CCNC3)c2)CC1. The molecule has 1 aromatic rings. The van der Waals surface area contributed by atoms with Gasteiger partial charge in [-0.05, 0) is 54.1 Å². The quantitative estimate of drug-likeness (QED) is 0.646. The number of aliphatic hydroxyl groups is 1. The van der Waals surface area contributed by atoms with E-state index in [0.717, 1.165) is 44.6 Å². The number of nitrogens with one attached hydrogen (secondary N) is 2. The minimum absolute atomic E-state index is 0.133. The molecule has 1 saturated heterocycles. The Hall–Kier alpha value is -2.21. The molecule has 2 unspecified atom stereocenters. The maximum absolute atomic E-state index is 12.5. The van der Waals surface area contributed by atoms with E-state index in [9.17, 15) is 9.90 Å². The molecule has 5 heteroatoms. The largest absolute Gasteiger partial charge is 0.390 e. The molecule has 0 saturated carbocycles. The number of allylic oxidation sites excluding steroid dienone is 1. The van der Waals surface area contributed by atoms with Crippen LogP contribution in [0.4, 0.5) is 0 Å². The van der Waals surface area contributed by atoms with Crippen molar-refractivity contribution < 1.29 is 9.90 Å². The minimum atomic E-state index is -0.609. The van der Waals surface area contributed by atoms with Gasteiger partial charge < -0.3 is 15.7 Å². The van der Waals surface area contributed by atoms with Crippen LogP contribution in [-0.4, -0.2) is 61.3 Å². The van der Waals surface area contributed by atoms with Crippen LogP contribution in [0, 0.1) is 0 Å². The van der Waals surface area contributed by atoms with E-state index in [1.165, 1.54) is 11.1 Å². The van der Waals surface area contributed by atoms with Gasteiger partial charge in [0.2, 0.25) is 0 Å². The summed E-state index contributed by atoms with van der Waals surface area (Å²) in [5.41, 5.74) is 4.25. The fraction of sp³-hybridized carbons (Fsp3) is 0.435. The van der Waals surface area contributed by atoms with Crippen molar-refractivity contribution in [3.8, 4) is 0 Å². The van der Waals surface area contributed by atoms with Gasteiger partial charge in [-0.3, -0.25) is 9.69 Å². The first-order chi connectivity index (χ1) is 13.6. The number of β-amino-alcohol motifs (C(OH)–C–C–N with tert-alkyl or cyclic N) is 1. The molecule has 1 fully saturated rings. The second-order valence-electron chi connectivity index (χ2n) is 7.62. The van der Waals surface area contributed by atoms with E-state index >= 15 is 0 Å². The summed E-state index contributed by atoms with van der Waals surface area (Å²) in [6.07, 6.45) is 5.16. The van der Waals surface area contributed by atoms with Crippen LogP contribution in [-0.2, 0) is 0 Å². The van der Waals surface area contributed by atoms with Crippen molar-refractivity contribution in [1.29, 1.82) is 0 Å². The molecule has 0 aliphatic carbocycles. The molecular formula is C23H31N3O2. The van der Waals surface area contributed by atoms with Gasteiger partial charge in [-0.1, -0.05) is 37.4 Å². The average molecular weight is 382 g/mol. The highest BCUT2D eigenvalue weighted by Crippen LogP contribution is 2.23. The van der Waals surface area contributed by atoms with Gasteiger partial charge in [0.15, 0.2) is 0 Å². The molecule has 0 spiro atoms. The lowest BCUT2D eigenvalue weighted by Crippen LogP contribution is -2.42. The summed E-state index contributed by atoms with van der Waals surface area (Å²) in [4.78, 5) is 14.7. The van der Waals surface area contributed by atoms with Gasteiger partial charge in [-0.25, -0.2) is 0 Å². The maximum atomic E-state index is 12.5. The lowest BCUT2D eigenvalue weighted by Gasteiger charge is -2.30. The first-order valence-corrected chi connectivity index (χ1v) is 10.1. The first kappa shape index (κ1) is 20.5. The van der Waals surface area contributed by atoms with E-state index < -0.39 is 6.10 Å². The molecule has 0 radical (unpaired) electrons. The first-order valence-electron chi connectivity index (χ1n) is 10.1. The van der Waals surface area contributed by atoms with Gasteiger partial charge in [-0.15, -0.1) is 0 Å². The monoisotopic (exact) mass is 381 g/mol.